The van der Waals surface area contributed by atoms with Crippen molar-refractivity contribution in [3.63, 3.8) is 0 Å². The van der Waals surface area contributed by atoms with Gasteiger partial charge in [-0.1, -0.05) is 133 Å². The number of hydrogen-bond donors (Lipinski definition) is 0. The van der Waals surface area contributed by atoms with E-state index in [9.17, 15) is 0 Å². The largest absolute Gasteiger partial charge is 0.253 e. The van der Waals surface area contributed by atoms with Gasteiger partial charge in [0.1, 0.15) is 0 Å². The molecule has 1 heteroatoms. The summed E-state index contributed by atoms with van der Waals surface area (Å²) in [6, 6.07) is 55.4. The minimum absolute atomic E-state index is 0.641. The second-order valence-corrected chi connectivity index (χ2v) is 12.6. The highest BCUT2D eigenvalue weighted by Gasteiger charge is 2.26. The van der Waals surface area contributed by atoms with Gasteiger partial charge in [0, 0.05) is 11.3 Å². The van der Waals surface area contributed by atoms with Crippen LogP contribution in [0.3, 0.4) is 0 Å². The van der Waals surface area contributed by atoms with E-state index in [1.807, 2.05) is 0 Å². The number of benzene rings is 8. The fourth-order valence-electron chi connectivity index (χ4n) is 7.43. The molecule has 0 amide bonds. The molecular formula is C45H33N. The predicted octanol–water partition coefficient (Wildman–Crippen LogP) is 12.6. The Morgan fingerprint density at radius 2 is 0.913 bits per heavy atom. The Kier molecular flexibility index (Phi) is 6.31. The second kappa shape index (κ2) is 10.8. The monoisotopic (exact) mass is 587 g/mol. The molecule has 0 atom stereocenters. The average molecular weight is 588 g/mol. The van der Waals surface area contributed by atoms with Crippen LogP contribution in [0.4, 0.5) is 5.69 Å². The molecule has 0 spiro atoms. The van der Waals surface area contributed by atoms with Gasteiger partial charge in [0.05, 0.1) is 5.69 Å². The van der Waals surface area contributed by atoms with Crippen LogP contribution in [0.2, 0.25) is 0 Å². The molecule has 1 nitrogen and oxygen atoms in total. The van der Waals surface area contributed by atoms with Crippen molar-refractivity contribution < 1.29 is 0 Å². The third-order valence-corrected chi connectivity index (χ3v) is 9.78. The molecular weight excluding hydrogens is 555 g/mol. The van der Waals surface area contributed by atoms with Crippen molar-refractivity contribution in [2.45, 2.75) is 25.7 Å². The molecule has 1 saturated carbocycles. The molecule has 1 aliphatic carbocycles. The van der Waals surface area contributed by atoms with Gasteiger partial charge in [0.15, 0.2) is 0 Å². The number of para-hydroxylation sites is 1. The Morgan fingerprint density at radius 3 is 1.43 bits per heavy atom. The summed E-state index contributed by atoms with van der Waals surface area (Å²) in [6.45, 7) is 2.19. The Hall–Kier alpha value is -5.53. The Morgan fingerprint density at radius 1 is 0.478 bits per heavy atom. The number of hydrogen-bond acceptors (Lipinski definition) is 1. The van der Waals surface area contributed by atoms with E-state index in [1.165, 1.54) is 89.7 Å². The van der Waals surface area contributed by atoms with E-state index >= 15 is 0 Å². The van der Waals surface area contributed by atoms with E-state index in [0.717, 1.165) is 11.4 Å². The first-order valence-electron chi connectivity index (χ1n) is 16.3. The van der Waals surface area contributed by atoms with Gasteiger partial charge >= 0.3 is 0 Å². The van der Waals surface area contributed by atoms with Crippen molar-refractivity contribution in [3.8, 4) is 33.4 Å². The molecule has 0 N–H and O–H groups in total. The molecule has 0 saturated heterocycles. The first kappa shape index (κ1) is 26.8. The highest BCUT2D eigenvalue weighted by atomic mass is 14.8. The lowest BCUT2D eigenvalue weighted by atomic mass is 9.82. The van der Waals surface area contributed by atoms with Crippen molar-refractivity contribution in [2.24, 2.45) is 4.99 Å². The maximum absolute atomic E-state index is 5.35. The summed E-state index contributed by atoms with van der Waals surface area (Å²) in [5.74, 6) is 0.641. The third-order valence-electron chi connectivity index (χ3n) is 9.78. The van der Waals surface area contributed by atoms with Crippen LogP contribution in [0.1, 0.15) is 36.8 Å². The Labute approximate surface area is 269 Å². The van der Waals surface area contributed by atoms with Gasteiger partial charge < -0.3 is 0 Å². The van der Waals surface area contributed by atoms with Crippen LogP contribution >= 0.6 is 0 Å². The van der Waals surface area contributed by atoms with Gasteiger partial charge in [-0.15, -0.1) is 0 Å². The lowest BCUT2D eigenvalue weighted by molar-refractivity contribution is 1.12. The fourth-order valence-corrected chi connectivity index (χ4v) is 7.43. The molecule has 46 heavy (non-hydrogen) atoms. The maximum atomic E-state index is 5.35. The van der Waals surface area contributed by atoms with Gasteiger partial charge in [-0.3, -0.25) is 4.99 Å². The molecule has 0 aliphatic heterocycles. The minimum Gasteiger partial charge on any atom is -0.253 e. The molecule has 0 aromatic heterocycles. The molecule has 9 rings (SSSR count). The van der Waals surface area contributed by atoms with Gasteiger partial charge in [-0.25, -0.2) is 0 Å². The van der Waals surface area contributed by atoms with Gasteiger partial charge in [0.25, 0.3) is 0 Å². The van der Waals surface area contributed by atoms with Crippen LogP contribution in [0.15, 0.2) is 157 Å². The van der Waals surface area contributed by atoms with E-state index in [-0.39, 0.29) is 0 Å². The summed E-state index contributed by atoms with van der Waals surface area (Å²) < 4.78 is 0. The minimum atomic E-state index is 0.641. The number of nitrogens with zero attached hydrogens (tertiary/aromatic N) is 1. The first-order chi connectivity index (χ1) is 22.7. The first-order valence-corrected chi connectivity index (χ1v) is 16.3. The van der Waals surface area contributed by atoms with Crippen molar-refractivity contribution in [2.75, 3.05) is 0 Å². The summed E-state index contributed by atoms with van der Waals surface area (Å²) in [5, 5.41) is 7.72. The molecule has 0 radical (unpaired) electrons. The molecule has 8 aromatic carbocycles. The standard InChI is InChI=1S/C45H33N/c1-29(46-43-20-12-11-19-34(43)33-21-22-33)39-27-40(30-13-5-2-6-14-30)36-25-26-38-42(32-17-9-4-10-18-32)28-41(31-15-7-3-8-16-31)37-24-23-35(39)44(36)45(37)38/h2-20,23-28,33H,21-22H2,1H3. The summed E-state index contributed by atoms with van der Waals surface area (Å²) >= 11 is 0. The van der Waals surface area contributed by atoms with Crippen molar-refractivity contribution in [1.29, 1.82) is 0 Å². The second-order valence-electron chi connectivity index (χ2n) is 12.6. The van der Waals surface area contributed by atoms with E-state index in [1.54, 1.807) is 0 Å². The van der Waals surface area contributed by atoms with E-state index in [0.29, 0.717) is 5.92 Å². The molecule has 0 bridgehead atoms. The van der Waals surface area contributed by atoms with Crippen LogP contribution in [0, 0.1) is 0 Å². The van der Waals surface area contributed by atoms with Crippen LogP contribution in [0.5, 0.6) is 0 Å². The smallest absolute Gasteiger partial charge is 0.0667 e. The summed E-state index contributed by atoms with van der Waals surface area (Å²) in [6.07, 6.45) is 2.52. The van der Waals surface area contributed by atoms with Crippen molar-refractivity contribution in [3.05, 3.63) is 163 Å². The third kappa shape index (κ3) is 4.43. The summed E-state index contributed by atoms with van der Waals surface area (Å²) in [5.41, 5.74) is 12.2. The van der Waals surface area contributed by atoms with Gasteiger partial charge in [-0.05, 0) is 115 Å². The predicted molar refractivity (Wildman–Crippen MR) is 197 cm³/mol. The topological polar surface area (TPSA) is 12.4 Å². The molecule has 0 heterocycles. The lowest BCUT2D eigenvalue weighted by Crippen LogP contribution is -2.00. The van der Waals surface area contributed by atoms with Crippen LogP contribution in [-0.4, -0.2) is 5.71 Å². The number of rotatable bonds is 6. The number of aliphatic imine (C=N–C) groups is 1. The van der Waals surface area contributed by atoms with Crippen LogP contribution in [0.25, 0.3) is 65.7 Å². The molecule has 8 aromatic rings. The zero-order valence-corrected chi connectivity index (χ0v) is 25.9. The highest BCUT2D eigenvalue weighted by Crippen LogP contribution is 2.48. The van der Waals surface area contributed by atoms with Crippen LogP contribution < -0.4 is 0 Å². The normalized spacial score (nSPS) is 13.6. The van der Waals surface area contributed by atoms with E-state index in [2.05, 4.69) is 159 Å². The Balaban J connectivity index is 1.41. The zero-order valence-electron chi connectivity index (χ0n) is 25.9. The quantitative estimate of drug-likeness (QED) is 0.136. The van der Waals surface area contributed by atoms with Gasteiger partial charge in [-0.2, -0.15) is 0 Å². The molecule has 218 valence electrons. The molecule has 0 unspecified atom stereocenters. The Bertz CT molecular complexity index is 2340. The summed E-state index contributed by atoms with van der Waals surface area (Å²) in [4.78, 5) is 5.35. The molecule has 1 aliphatic rings. The zero-order chi connectivity index (χ0) is 30.6. The average Bonchev–Trinajstić information content (AvgIpc) is 3.97. The SMILES string of the molecule is CC(=Nc1ccccc1C1CC1)c1cc(-c2ccccc2)c2ccc3c(-c4ccccc4)cc(-c4ccccc4)c4ccc1c2c43. The maximum Gasteiger partial charge on any atom is 0.0667 e. The van der Waals surface area contributed by atoms with E-state index < -0.39 is 0 Å². The summed E-state index contributed by atoms with van der Waals surface area (Å²) in [7, 11) is 0. The lowest BCUT2D eigenvalue weighted by Gasteiger charge is -2.21. The van der Waals surface area contributed by atoms with Crippen molar-refractivity contribution in [1.82, 2.24) is 0 Å². The fraction of sp³-hybridized carbons (Fsp3) is 0.0889. The van der Waals surface area contributed by atoms with E-state index in [4.69, 9.17) is 4.99 Å². The van der Waals surface area contributed by atoms with Crippen LogP contribution in [-0.2, 0) is 0 Å². The van der Waals surface area contributed by atoms with Gasteiger partial charge in [0.2, 0.25) is 0 Å². The molecule has 1 fully saturated rings. The highest BCUT2D eigenvalue weighted by molar-refractivity contribution is 6.32. The van der Waals surface area contributed by atoms with Crippen molar-refractivity contribution >= 4 is 43.7 Å².